The minimum Gasteiger partial charge on any atom is -0.369 e. The number of hydrogen-bond acceptors (Lipinski definition) is 3. The van der Waals surface area contributed by atoms with Crippen LogP contribution in [0.3, 0.4) is 0 Å². The molecule has 1 heterocycles. The third-order valence-corrected chi connectivity index (χ3v) is 3.95. The van der Waals surface area contributed by atoms with Crippen LogP contribution in [0.15, 0.2) is 18.3 Å². The lowest BCUT2D eigenvalue weighted by Crippen LogP contribution is -2.26. The first kappa shape index (κ1) is 11.9. The first-order valence-corrected chi connectivity index (χ1v) is 6.38. The van der Waals surface area contributed by atoms with Crippen molar-refractivity contribution in [2.45, 2.75) is 39.0 Å². The molecule has 1 saturated carbocycles. The van der Waals surface area contributed by atoms with E-state index in [1.807, 2.05) is 6.07 Å². The number of pyridine rings is 1. The second kappa shape index (κ2) is 5.18. The summed E-state index contributed by atoms with van der Waals surface area (Å²) in [5, 5.41) is 12.2. The molecular formula is C14H19N3. The van der Waals surface area contributed by atoms with Crippen LogP contribution in [0.25, 0.3) is 0 Å². The molecule has 1 aliphatic rings. The van der Waals surface area contributed by atoms with Gasteiger partial charge in [-0.15, -0.1) is 0 Å². The SMILES string of the molecule is CCC1(CNc2cc(C#N)ccn2)CCCC1. The van der Waals surface area contributed by atoms with E-state index in [0.717, 1.165) is 12.4 Å². The molecule has 1 aromatic rings. The van der Waals surface area contributed by atoms with Gasteiger partial charge in [0.1, 0.15) is 5.82 Å². The maximum atomic E-state index is 8.83. The number of hydrogen-bond donors (Lipinski definition) is 1. The van der Waals surface area contributed by atoms with Crippen molar-refractivity contribution < 1.29 is 0 Å². The Morgan fingerprint density at radius 3 is 2.88 bits per heavy atom. The molecule has 1 fully saturated rings. The number of anilines is 1. The van der Waals surface area contributed by atoms with Crippen LogP contribution in [-0.2, 0) is 0 Å². The van der Waals surface area contributed by atoms with Gasteiger partial charge >= 0.3 is 0 Å². The van der Waals surface area contributed by atoms with Crippen molar-refractivity contribution in [3.8, 4) is 6.07 Å². The second-order valence-electron chi connectivity index (χ2n) is 4.96. The summed E-state index contributed by atoms with van der Waals surface area (Å²) < 4.78 is 0. The average Bonchev–Trinajstić information content (AvgIpc) is 2.86. The maximum Gasteiger partial charge on any atom is 0.127 e. The minimum atomic E-state index is 0.449. The van der Waals surface area contributed by atoms with Crippen molar-refractivity contribution >= 4 is 5.82 Å². The highest BCUT2D eigenvalue weighted by atomic mass is 15.0. The molecular weight excluding hydrogens is 210 g/mol. The molecule has 1 N–H and O–H groups in total. The normalized spacial score (nSPS) is 17.6. The zero-order valence-electron chi connectivity index (χ0n) is 10.4. The molecule has 90 valence electrons. The summed E-state index contributed by atoms with van der Waals surface area (Å²) in [6, 6.07) is 5.69. The lowest BCUT2D eigenvalue weighted by atomic mass is 9.83. The van der Waals surface area contributed by atoms with E-state index in [1.54, 1.807) is 12.3 Å². The highest BCUT2D eigenvalue weighted by molar-refractivity contribution is 5.42. The summed E-state index contributed by atoms with van der Waals surface area (Å²) in [5.74, 6) is 0.823. The van der Waals surface area contributed by atoms with Gasteiger partial charge < -0.3 is 5.32 Å². The number of nitrogens with one attached hydrogen (secondary N) is 1. The summed E-state index contributed by atoms with van der Waals surface area (Å²) in [7, 11) is 0. The van der Waals surface area contributed by atoms with E-state index >= 15 is 0 Å². The maximum absolute atomic E-state index is 8.83. The molecule has 0 atom stereocenters. The molecule has 0 spiro atoms. The smallest absolute Gasteiger partial charge is 0.127 e. The summed E-state index contributed by atoms with van der Waals surface area (Å²) in [5.41, 5.74) is 1.11. The second-order valence-corrected chi connectivity index (χ2v) is 4.96. The van der Waals surface area contributed by atoms with Crippen molar-refractivity contribution in [1.82, 2.24) is 4.98 Å². The van der Waals surface area contributed by atoms with Crippen LogP contribution >= 0.6 is 0 Å². The number of nitriles is 1. The number of nitrogens with zero attached hydrogens (tertiary/aromatic N) is 2. The number of aromatic nitrogens is 1. The fourth-order valence-corrected chi connectivity index (χ4v) is 2.66. The Morgan fingerprint density at radius 2 is 2.24 bits per heavy atom. The fraction of sp³-hybridized carbons (Fsp3) is 0.571. The zero-order valence-corrected chi connectivity index (χ0v) is 10.4. The van der Waals surface area contributed by atoms with E-state index in [0.29, 0.717) is 11.0 Å². The van der Waals surface area contributed by atoms with Gasteiger partial charge in [0.05, 0.1) is 11.6 Å². The minimum absolute atomic E-state index is 0.449. The molecule has 3 heteroatoms. The summed E-state index contributed by atoms with van der Waals surface area (Å²) in [4.78, 5) is 4.25. The highest BCUT2D eigenvalue weighted by Gasteiger charge is 2.31. The van der Waals surface area contributed by atoms with E-state index in [2.05, 4.69) is 23.3 Å². The first-order valence-electron chi connectivity index (χ1n) is 6.38. The Labute approximate surface area is 103 Å². The lowest BCUT2D eigenvalue weighted by Gasteiger charge is -2.27. The molecule has 0 saturated heterocycles. The highest BCUT2D eigenvalue weighted by Crippen LogP contribution is 2.40. The molecule has 0 amide bonds. The Kier molecular flexibility index (Phi) is 3.63. The van der Waals surface area contributed by atoms with Crippen LogP contribution < -0.4 is 5.32 Å². The quantitative estimate of drug-likeness (QED) is 0.861. The van der Waals surface area contributed by atoms with Crippen LogP contribution in [0.1, 0.15) is 44.6 Å². The molecule has 0 radical (unpaired) electrons. The summed E-state index contributed by atoms with van der Waals surface area (Å²) in [6.07, 6.45) is 8.23. The van der Waals surface area contributed by atoms with Gasteiger partial charge in [-0.25, -0.2) is 4.98 Å². The predicted octanol–water partition coefficient (Wildman–Crippen LogP) is 3.34. The van der Waals surface area contributed by atoms with Crippen LogP contribution in [0.4, 0.5) is 5.82 Å². The zero-order chi connectivity index (χ0) is 12.1. The standard InChI is InChI=1S/C14H19N3/c1-2-14(6-3-4-7-14)11-17-13-9-12(10-15)5-8-16-13/h5,8-9H,2-4,6-7,11H2,1H3,(H,16,17). The lowest BCUT2D eigenvalue weighted by molar-refractivity contribution is 0.306. The van der Waals surface area contributed by atoms with Gasteiger partial charge in [-0.05, 0) is 36.8 Å². The Balaban J connectivity index is 1.99. The van der Waals surface area contributed by atoms with Crippen molar-refractivity contribution in [3.05, 3.63) is 23.9 Å². The molecule has 1 aromatic heterocycles. The Bertz CT molecular complexity index is 414. The molecule has 0 aromatic carbocycles. The third-order valence-electron chi connectivity index (χ3n) is 3.95. The van der Waals surface area contributed by atoms with E-state index in [1.165, 1.54) is 32.1 Å². The molecule has 2 rings (SSSR count). The summed E-state index contributed by atoms with van der Waals surface area (Å²) in [6.45, 7) is 3.25. The van der Waals surface area contributed by atoms with Crippen LogP contribution in [0.2, 0.25) is 0 Å². The van der Waals surface area contributed by atoms with Crippen molar-refractivity contribution in [3.63, 3.8) is 0 Å². The van der Waals surface area contributed by atoms with Gasteiger partial charge in [0.25, 0.3) is 0 Å². The van der Waals surface area contributed by atoms with E-state index in [-0.39, 0.29) is 0 Å². The summed E-state index contributed by atoms with van der Waals surface area (Å²) >= 11 is 0. The Hall–Kier alpha value is -1.56. The van der Waals surface area contributed by atoms with Gasteiger partial charge in [0.2, 0.25) is 0 Å². The molecule has 3 nitrogen and oxygen atoms in total. The van der Waals surface area contributed by atoms with Gasteiger partial charge in [-0.1, -0.05) is 19.8 Å². The van der Waals surface area contributed by atoms with Crippen LogP contribution in [0.5, 0.6) is 0 Å². The van der Waals surface area contributed by atoms with Crippen molar-refractivity contribution in [2.24, 2.45) is 5.41 Å². The van der Waals surface area contributed by atoms with Gasteiger partial charge in [-0.3, -0.25) is 0 Å². The van der Waals surface area contributed by atoms with E-state index < -0.39 is 0 Å². The van der Waals surface area contributed by atoms with E-state index in [9.17, 15) is 0 Å². The van der Waals surface area contributed by atoms with Crippen LogP contribution in [-0.4, -0.2) is 11.5 Å². The predicted molar refractivity (Wildman–Crippen MR) is 68.6 cm³/mol. The topological polar surface area (TPSA) is 48.7 Å². The fourth-order valence-electron chi connectivity index (χ4n) is 2.66. The molecule has 0 aliphatic heterocycles. The first-order chi connectivity index (χ1) is 8.28. The molecule has 17 heavy (non-hydrogen) atoms. The van der Waals surface area contributed by atoms with Crippen LogP contribution in [0, 0.1) is 16.7 Å². The van der Waals surface area contributed by atoms with Crippen molar-refractivity contribution in [2.75, 3.05) is 11.9 Å². The van der Waals surface area contributed by atoms with Gasteiger partial charge in [-0.2, -0.15) is 5.26 Å². The molecule has 0 bridgehead atoms. The monoisotopic (exact) mass is 229 g/mol. The van der Waals surface area contributed by atoms with Crippen molar-refractivity contribution in [1.29, 1.82) is 5.26 Å². The third kappa shape index (κ3) is 2.76. The van der Waals surface area contributed by atoms with Gasteiger partial charge in [0.15, 0.2) is 0 Å². The largest absolute Gasteiger partial charge is 0.369 e. The average molecular weight is 229 g/mol. The number of rotatable bonds is 4. The van der Waals surface area contributed by atoms with Gasteiger partial charge in [0, 0.05) is 12.7 Å². The molecule has 0 unspecified atom stereocenters. The Morgan fingerprint density at radius 1 is 1.47 bits per heavy atom. The molecule has 1 aliphatic carbocycles. The van der Waals surface area contributed by atoms with E-state index in [4.69, 9.17) is 5.26 Å².